The Hall–Kier alpha value is -4.98. The Bertz CT molecular complexity index is 1570. The molecule has 6 rings (SSSR count). The van der Waals surface area contributed by atoms with Crippen molar-refractivity contribution in [3.63, 3.8) is 0 Å². The number of phenolic OH excluding ortho intramolecular Hbond substituents is 4. The van der Waals surface area contributed by atoms with E-state index in [1.807, 2.05) is 0 Å². The molecule has 2 heterocycles. The van der Waals surface area contributed by atoms with Crippen molar-refractivity contribution in [3.8, 4) is 34.5 Å². The minimum atomic E-state index is -1.01. The average molecular weight is 510 g/mol. The highest BCUT2D eigenvalue weighted by molar-refractivity contribution is 6.07. The van der Waals surface area contributed by atoms with E-state index in [-0.39, 0.29) is 40.8 Å². The molecule has 3 atom stereocenters. The Morgan fingerprint density at radius 3 is 2.03 bits per heavy atom. The summed E-state index contributed by atoms with van der Waals surface area (Å²) in [6.07, 6.45) is -1.41. The number of benzene rings is 4. The summed E-state index contributed by atoms with van der Waals surface area (Å²) in [5.74, 6) is -1.53. The lowest BCUT2D eigenvalue weighted by Crippen LogP contribution is -2.24. The van der Waals surface area contributed by atoms with Crippen LogP contribution < -0.4 is 9.47 Å². The van der Waals surface area contributed by atoms with Gasteiger partial charge < -0.3 is 29.9 Å². The Kier molecular flexibility index (Phi) is 5.45. The zero-order valence-electron chi connectivity index (χ0n) is 19.9. The van der Waals surface area contributed by atoms with Crippen LogP contribution in [-0.4, -0.2) is 32.0 Å². The Balaban J connectivity index is 1.50. The number of aromatic hydroxyl groups is 4. The van der Waals surface area contributed by atoms with E-state index in [4.69, 9.17) is 9.47 Å². The van der Waals surface area contributed by atoms with Gasteiger partial charge in [0.1, 0.15) is 46.7 Å². The zero-order valence-corrected chi connectivity index (χ0v) is 19.9. The normalized spacial score (nSPS) is 19.7. The van der Waals surface area contributed by atoms with Crippen molar-refractivity contribution in [1.82, 2.24) is 0 Å². The molecule has 0 unspecified atom stereocenters. The number of fused-ring (bicyclic) bond motifs is 3. The molecule has 190 valence electrons. The second-order valence-electron chi connectivity index (χ2n) is 9.35. The van der Waals surface area contributed by atoms with Gasteiger partial charge in [-0.25, -0.2) is 0 Å². The number of Topliss-reactive ketones (excluding diaryl/α,β-unsaturated/α-hetero) is 2. The Morgan fingerprint density at radius 2 is 1.37 bits per heavy atom. The molecule has 2 aliphatic heterocycles. The molecule has 8 heteroatoms. The average Bonchev–Trinajstić information content (AvgIpc) is 3.29. The first-order valence-electron chi connectivity index (χ1n) is 12.0. The predicted molar refractivity (Wildman–Crippen MR) is 135 cm³/mol. The van der Waals surface area contributed by atoms with Crippen molar-refractivity contribution in [1.29, 1.82) is 0 Å². The van der Waals surface area contributed by atoms with E-state index < -0.39 is 29.7 Å². The fraction of sp³-hybridized carbons (Fsp3) is 0.133. The minimum Gasteiger partial charge on any atom is -0.508 e. The predicted octanol–water partition coefficient (Wildman–Crippen LogP) is 5.32. The van der Waals surface area contributed by atoms with E-state index in [1.54, 1.807) is 36.4 Å². The third-order valence-electron chi connectivity index (χ3n) is 6.97. The number of ketones is 2. The largest absolute Gasteiger partial charge is 0.508 e. The monoisotopic (exact) mass is 510 g/mol. The number of rotatable bonds is 4. The molecule has 0 aromatic heterocycles. The summed E-state index contributed by atoms with van der Waals surface area (Å²) in [5, 5.41) is 39.7. The van der Waals surface area contributed by atoms with Crippen LogP contribution in [0.2, 0.25) is 0 Å². The van der Waals surface area contributed by atoms with E-state index in [0.717, 1.165) is 6.07 Å². The van der Waals surface area contributed by atoms with Gasteiger partial charge in [-0.15, -0.1) is 0 Å². The van der Waals surface area contributed by atoms with Crippen LogP contribution in [0.1, 0.15) is 62.0 Å². The smallest absolute Gasteiger partial charge is 0.178 e. The molecule has 0 saturated heterocycles. The highest BCUT2D eigenvalue weighted by Crippen LogP contribution is 2.55. The van der Waals surface area contributed by atoms with Crippen LogP contribution >= 0.6 is 0 Å². The van der Waals surface area contributed by atoms with Crippen LogP contribution in [0, 0.1) is 0 Å². The molecule has 2 aliphatic rings. The van der Waals surface area contributed by atoms with E-state index in [1.165, 1.54) is 36.4 Å². The molecule has 0 saturated carbocycles. The summed E-state index contributed by atoms with van der Waals surface area (Å²) >= 11 is 0. The zero-order chi connectivity index (χ0) is 26.6. The molecule has 0 bridgehead atoms. The lowest BCUT2D eigenvalue weighted by atomic mass is 9.82. The van der Waals surface area contributed by atoms with Crippen LogP contribution in [0.3, 0.4) is 0 Å². The quantitative estimate of drug-likeness (QED) is 0.271. The van der Waals surface area contributed by atoms with Crippen molar-refractivity contribution in [3.05, 3.63) is 107 Å². The molecule has 0 spiro atoms. The third kappa shape index (κ3) is 3.87. The number of carbonyl (C=O) groups is 2. The Labute approximate surface area is 217 Å². The highest BCUT2D eigenvalue weighted by Gasteiger charge is 2.46. The maximum absolute atomic E-state index is 14.0. The Morgan fingerprint density at radius 1 is 0.737 bits per heavy atom. The number of ether oxygens (including phenoxy) is 2. The summed E-state index contributed by atoms with van der Waals surface area (Å²) in [5.41, 5.74) is 1.97. The first kappa shape index (κ1) is 23.4. The van der Waals surface area contributed by atoms with Gasteiger partial charge in [0.15, 0.2) is 11.6 Å². The van der Waals surface area contributed by atoms with Crippen molar-refractivity contribution in [2.45, 2.75) is 24.5 Å². The van der Waals surface area contributed by atoms with Gasteiger partial charge in [-0.3, -0.25) is 9.59 Å². The number of hydrogen-bond donors (Lipinski definition) is 4. The van der Waals surface area contributed by atoms with Gasteiger partial charge in [0, 0.05) is 6.07 Å². The molecule has 0 fully saturated rings. The van der Waals surface area contributed by atoms with Gasteiger partial charge in [0.25, 0.3) is 0 Å². The summed E-state index contributed by atoms with van der Waals surface area (Å²) < 4.78 is 12.6. The molecule has 4 aromatic rings. The highest BCUT2D eigenvalue weighted by atomic mass is 16.5. The maximum Gasteiger partial charge on any atom is 0.178 e. The molecule has 4 N–H and O–H groups in total. The molecule has 0 aliphatic carbocycles. The molecular formula is C30H22O8. The van der Waals surface area contributed by atoms with E-state index >= 15 is 0 Å². The second kappa shape index (κ2) is 8.85. The maximum atomic E-state index is 14.0. The minimum absolute atomic E-state index is 0.0251. The van der Waals surface area contributed by atoms with Crippen molar-refractivity contribution in [2.24, 2.45) is 0 Å². The standard InChI is InChI=1S/C30H22O8/c31-17-5-1-15(2-6-17)25-14-23(35)21-11-12-24-26(30(21)38-25)27(28(36)20-10-9-19(33)13-22(20)34)29(37-24)16-3-7-18(32)8-4-16/h1-13,25,27,29,31-34H,14H2/t25-,27+,29+/m1/s1. The van der Waals surface area contributed by atoms with E-state index in [2.05, 4.69) is 0 Å². The molecule has 0 amide bonds. The molecule has 8 nitrogen and oxygen atoms in total. The topological polar surface area (TPSA) is 134 Å². The molecule has 4 aromatic carbocycles. The first-order chi connectivity index (χ1) is 18.3. The van der Waals surface area contributed by atoms with Gasteiger partial charge in [-0.2, -0.15) is 0 Å². The summed E-state index contributed by atoms with van der Waals surface area (Å²) in [6.45, 7) is 0. The lowest BCUT2D eigenvalue weighted by molar-refractivity contribution is 0.0832. The van der Waals surface area contributed by atoms with Crippen molar-refractivity contribution in [2.75, 3.05) is 0 Å². The van der Waals surface area contributed by atoms with E-state index in [9.17, 15) is 30.0 Å². The number of carbonyl (C=O) groups excluding carboxylic acids is 2. The molecular weight excluding hydrogens is 488 g/mol. The van der Waals surface area contributed by atoms with Gasteiger partial charge in [0.05, 0.1) is 29.0 Å². The van der Waals surface area contributed by atoms with Gasteiger partial charge >= 0.3 is 0 Å². The second-order valence-corrected chi connectivity index (χ2v) is 9.35. The summed E-state index contributed by atoms with van der Waals surface area (Å²) in [4.78, 5) is 27.2. The van der Waals surface area contributed by atoms with Crippen molar-refractivity contribution < 1.29 is 39.5 Å². The van der Waals surface area contributed by atoms with E-state index in [0.29, 0.717) is 28.0 Å². The number of hydrogen-bond acceptors (Lipinski definition) is 8. The van der Waals surface area contributed by atoms with Crippen LogP contribution in [0.25, 0.3) is 0 Å². The van der Waals surface area contributed by atoms with Gasteiger partial charge in [-0.1, -0.05) is 24.3 Å². The van der Waals surface area contributed by atoms with Crippen molar-refractivity contribution >= 4 is 11.6 Å². The van der Waals surface area contributed by atoms with Gasteiger partial charge in [0.2, 0.25) is 0 Å². The van der Waals surface area contributed by atoms with Crippen LogP contribution in [0.4, 0.5) is 0 Å². The molecule has 0 radical (unpaired) electrons. The first-order valence-corrected chi connectivity index (χ1v) is 12.0. The number of phenols is 4. The van der Waals surface area contributed by atoms with Crippen LogP contribution in [0.5, 0.6) is 34.5 Å². The summed E-state index contributed by atoms with van der Waals surface area (Å²) in [6, 6.07) is 19.6. The molecule has 38 heavy (non-hydrogen) atoms. The summed E-state index contributed by atoms with van der Waals surface area (Å²) in [7, 11) is 0. The van der Waals surface area contributed by atoms with Gasteiger partial charge in [-0.05, 0) is 59.7 Å². The fourth-order valence-electron chi connectivity index (χ4n) is 5.11. The van der Waals surface area contributed by atoms with Crippen LogP contribution in [-0.2, 0) is 0 Å². The lowest BCUT2D eigenvalue weighted by Gasteiger charge is -2.28. The van der Waals surface area contributed by atoms with Crippen LogP contribution in [0.15, 0.2) is 78.9 Å². The SMILES string of the molecule is O=C1C[C@H](c2ccc(O)cc2)Oc2c1ccc1c2[C@@H](C(=O)c2ccc(O)cc2O)[C@H](c2ccc(O)cc2)O1. The third-order valence-corrected chi connectivity index (χ3v) is 6.97. The fourth-order valence-corrected chi connectivity index (χ4v) is 5.11.